The van der Waals surface area contributed by atoms with Gasteiger partial charge in [-0.05, 0) is 66.1 Å². The van der Waals surface area contributed by atoms with Gasteiger partial charge < -0.3 is 14.6 Å². The lowest BCUT2D eigenvalue weighted by atomic mass is 9.95. The molecule has 3 aromatic carbocycles. The molecule has 0 aliphatic carbocycles. The Labute approximate surface area is 212 Å². The molecule has 2 heterocycles. The predicted octanol–water partition coefficient (Wildman–Crippen LogP) is 5.50. The monoisotopic (exact) mass is 500 g/mol. The molecule has 0 bridgehead atoms. The van der Waals surface area contributed by atoms with E-state index in [2.05, 4.69) is 11.9 Å². The van der Waals surface area contributed by atoms with E-state index in [4.69, 9.17) is 9.47 Å². The first-order chi connectivity index (χ1) is 17.4. The summed E-state index contributed by atoms with van der Waals surface area (Å²) in [5.41, 5.74) is 2.97. The third kappa shape index (κ3) is 3.99. The topological polar surface area (TPSA) is 89.0 Å². The van der Waals surface area contributed by atoms with Crippen LogP contribution in [0.1, 0.15) is 29.7 Å². The third-order valence-corrected chi connectivity index (χ3v) is 7.31. The first kappa shape index (κ1) is 23.6. The number of nitrogens with zero attached hydrogens (tertiary/aromatic N) is 2. The van der Waals surface area contributed by atoms with Crippen LogP contribution in [0.25, 0.3) is 16.0 Å². The Kier molecular flexibility index (Phi) is 6.20. The first-order valence-electron chi connectivity index (χ1n) is 11.4. The minimum absolute atomic E-state index is 0.00355. The molecule has 1 saturated heterocycles. The Hall–Kier alpha value is -4.17. The number of thiazole rings is 1. The van der Waals surface area contributed by atoms with Gasteiger partial charge in [0.2, 0.25) is 0 Å². The molecule has 1 aliphatic rings. The van der Waals surface area contributed by atoms with Gasteiger partial charge in [-0.25, -0.2) is 4.98 Å². The Morgan fingerprint density at radius 2 is 1.61 bits per heavy atom. The molecule has 1 N–H and O–H groups in total. The molecule has 0 spiro atoms. The number of anilines is 1. The number of aliphatic hydroxyl groups excluding tert-OH is 1. The second kappa shape index (κ2) is 9.47. The number of rotatable bonds is 6. The SMILES string of the molecule is CCc1ccc2nc(N3C(=O)C(=O)/C(=C(/O)c4ccc(OC)cc4)[C@@H]3c3ccc(OC)cc3)sc2c1. The average Bonchev–Trinajstić information content (AvgIpc) is 3.45. The molecule has 8 heteroatoms. The number of methoxy groups -OCH3 is 2. The number of carbonyl (C=O) groups is 2. The van der Waals surface area contributed by atoms with Crippen LogP contribution in [0.4, 0.5) is 5.13 Å². The number of ketones is 1. The molecule has 5 rings (SSSR count). The molecule has 1 aromatic heterocycles. The zero-order valence-corrected chi connectivity index (χ0v) is 20.8. The Morgan fingerprint density at radius 1 is 0.972 bits per heavy atom. The lowest BCUT2D eigenvalue weighted by molar-refractivity contribution is -0.132. The molecule has 36 heavy (non-hydrogen) atoms. The highest BCUT2D eigenvalue weighted by Crippen LogP contribution is 2.44. The number of aliphatic hydroxyl groups is 1. The van der Waals surface area contributed by atoms with E-state index in [1.54, 1.807) is 62.8 Å². The molecule has 0 saturated carbocycles. The molecular formula is C28H24N2O5S. The van der Waals surface area contributed by atoms with Crippen molar-refractivity contribution in [2.24, 2.45) is 0 Å². The maximum Gasteiger partial charge on any atom is 0.301 e. The van der Waals surface area contributed by atoms with Crippen LogP contribution in [0.2, 0.25) is 0 Å². The van der Waals surface area contributed by atoms with Gasteiger partial charge in [-0.1, -0.05) is 36.5 Å². The van der Waals surface area contributed by atoms with Crippen molar-refractivity contribution in [3.05, 3.63) is 89.0 Å². The molecule has 7 nitrogen and oxygen atoms in total. The Bertz CT molecular complexity index is 1490. The molecule has 1 aliphatic heterocycles. The van der Waals surface area contributed by atoms with E-state index in [1.165, 1.54) is 16.2 Å². The van der Waals surface area contributed by atoms with Crippen LogP contribution in [0.15, 0.2) is 72.3 Å². The lowest BCUT2D eigenvalue weighted by Gasteiger charge is -2.23. The van der Waals surface area contributed by atoms with Crippen LogP contribution in [0, 0.1) is 0 Å². The number of benzene rings is 3. The second-order valence-corrected chi connectivity index (χ2v) is 9.33. The zero-order valence-electron chi connectivity index (χ0n) is 20.0. The van der Waals surface area contributed by atoms with E-state index < -0.39 is 17.7 Å². The summed E-state index contributed by atoms with van der Waals surface area (Å²) >= 11 is 1.35. The van der Waals surface area contributed by atoms with Crippen molar-refractivity contribution in [2.75, 3.05) is 19.1 Å². The maximum atomic E-state index is 13.4. The van der Waals surface area contributed by atoms with Gasteiger partial charge in [-0.15, -0.1) is 0 Å². The normalized spacial score (nSPS) is 17.1. The highest BCUT2D eigenvalue weighted by Gasteiger charge is 2.48. The summed E-state index contributed by atoms with van der Waals surface area (Å²) in [6, 6.07) is 18.9. The first-order valence-corrected chi connectivity index (χ1v) is 12.3. The van der Waals surface area contributed by atoms with E-state index in [1.807, 2.05) is 18.2 Å². The summed E-state index contributed by atoms with van der Waals surface area (Å²) in [4.78, 5) is 32.8. The standard InChI is InChI=1S/C28H24N2O5S/c1-4-16-5-14-21-22(15-16)36-28(29-21)30-24(17-6-10-19(34-2)11-7-17)23(26(32)27(30)33)25(31)18-8-12-20(35-3)13-9-18/h5-15,24,31H,4H2,1-3H3/b25-23+/t24-/m0/s1. The summed E-state index contributed by atoms with van der Waals surface area (Å²) in [5, 5.41) is 11.7. The van der Waals surface area contributed by atoms with Gasteiger partial charge in [0.1, 0.15) is 17.3 Å². The molecule has 1 amide bonds. The van der Waals surface area contributed by atoms with Gasteiger partial charge >= 0.3 is 5.91 Å². The second-order valence-electron chi connectivity index (χ2n) is 8.32. The number of Topliss-reactive ketones (excluding diaryl/α,β-unsaturated/α-hetero) is 1. The molecule has 182 valence electrons. The predicted molar refractivity (Wildman–Crippen MR) is 140 cm³/mol. The highest BCUT2D eigenvalue weighted by atomic mass is 32.1. The van der Waals surface area contributed by atoms with Gasteiger partial charge in [0.15, 0.2) is 5.13 Å². The van der Waals surface area contributed by atoms with E-state index in [0.29, 0.717) is 27.8 Å². The van der Waals surface area contributed by atoms with Crippen molar-refractivity contribution in [1.82, 2.24) is 4.98 Å². The smallest absolute Gasteiger partial charge is 0.301 e. The van der Waals surface area contributed by atoms with Crippen molar-refractivity contribution < 1.29 is 24.2 Å². The Morgan fingerprint density at radius 3 is 2.22 bits per heavy atom. The lowest BCUT2D eigenvalue weighted by Crippen LogP contribution is -2.29. The third-order valence-electron chi connectivity index (χ3n) is 6.30. The van der Waals surface area contributed by atoms with Crippen LogP contribution in [-0.2, 0) is 16.0 Å². The molecule has 4 aromatic rings. The van der Waals surface area contributed by atoms with Crippen molar-refractivity contribution in [1.29, 1.82) is 0 Å². The van der Waals surface area contributed by atoms with Gasteiger partial charge in [-0.2, -0.15) is 0 Å². The van der Waals surface area contributed by atoms with E-state index in [-0.39, 0.29) is 11.3 Å². The number of fused-ring (bicyclic) bond motifs is 1. The molecule has 1 fully saturated rings. The molecular weight excluding hydrogens is 476 g/mol. The minimum Gasteiger partial charge on any atom is -0.507 e. The van der Waals surface area contributed by atoms with E-state index >= 15 is 0 Å². The van der Waals surface area contributed by atoms with Crippen LogP contribution >= 0.6 is 11.3 Å². The van der Waals surface area contributed by atoms with E-state index in [9.17, 15) is 14.7 Å². The van der Waals surface area contributed by atoms with Gasteiger partial charge in [-0.3, -0.25) is 14.5 Å². The molecule has 1 atom stereocenters. The van der Waals surface area contributed by atoms with Crippen molar-refractivity contribution in [2.45, 2.75) is 19.4 Å². The van der Waals surface area contributed by atoms with Gasteiger partial charge in [0.25, 0.3) is 5.78 Å². The molecule has 0 unspecified atom stereocenters. The minimum atomic E-state index is -0.857. The van der Waals surface area contributed by atoms with Crippen molar-refractivity contribution >= 4 is 44.1 Å². The van der Waals surface area contributed by atoms with Gasteiger partial charge in [0, 0.05) is 5.56 Å². The number of hydrogen-bond acceptors (Lipinski definition) is 7. The maximum absolute atomic E-state index is 13.4. The summed E-state index contributed by atoms with van der Waals surface area (Å²) in [7, 11) is 3.11. The summed E-state index contributed by atoms with van der Waals surface area (Å²) in [5.74, 6) is -0.510. The van der Waals surface area contributed by atoms with Crippen LogP contribution < -0.4 is 14.4 Å². The highest BCUT2D eigenvalue weighted by molar-refractivity contribution is 7.22. The average molecular weight is 501 g/mol. The largest absolute Gasteiger partial charge is 0.507 e. The van der Waals surface area contributed by atoms with Crippen LogP contribution in [0.5, 0.6) is 11.5 Å². The number of aryl methyl sites for hydroxylation is 1. The fourth-order valence-electron chi connectivity index (χ4n) is 4.32. The van der Waals surface area contributed by atoms with E-state index in [0.717, 1.165) is 22.2 Å². The molecule has 0 radical (unpaired) electrons. The number of ether oxygens (including phenoxy) is 2. The zero-order chi connectivity index (χ0) is 25.4. The van der Waals surface area contributed by atoms with Crippen molar-refractivity contribution in [3.8, 4) is 11.5 Å². The summed E-state index contributed by atoms with van der Waals surface area (Å²) in [6.45, 7) is 2.07. The fraction of sp³-hybridized carbons (Fsp3) is 0.179. The van der Waals surface area contributed by atoms with Gasteiger partial charge in [0.05, 0.1) is 36.1 Å². The number of aromatic nitrogens is 1. The van der Waals surface area contributed by atoms with Crippen molar-refractivity contribution in [3.63, 3.8) is 0 Å². The summed E-state index contributed by atoms with van der Waals surface area (Å²) < 4.78 is 11.4. The number of hydrogen-bond donors (Lipinski definition) is 1. The van der Waals surface area contributed by atoms with Crippen LogP contribution in [0.3, 0.4) is 0 Å². The number of carbonyl (C=O) groups excluding carboxylic acids is 2. The number of amides is 1. The van der Waals surface area contributed by atoms with Crippen LogP contribution in [-0.4, -0.2) is 36.0 Å². The fourth-order valence-corrected chi connectivity index (χ4v) is 5.37. The summed E-state index contributed by atoms with van der Waals surface area (Å²) in [6.07, 6.45) is 0.876. The Balaban J connectivity index is 1.69. The quantitative estimate of drug-likeness (QED) is 0.214.